The first-order chi connectivity index (χ1) is 17.7. The summed E-state index contributed by atoms with van der Waals surface area (Å²) in [6.07, 6.45) is 0.890. The van der Waals surface area contributed by atoms with Gasteiger partial charge in [0.2, 0.25) is 5.91 Å². The molecule has 1 aliphatic heterocycles. The van der Waals surface area contributed by atoms with E-state index >= 15 is 0 Å². The first kappa shape index (κ1) is 26.1. The molecule has 4 N–H and O–H groups in total. The Labute approximate surface area is 213 Å². The summed E-state index contributed by atoms with van der Waals surface area (Å²) in [5.41, 5.74) is 1.89. The molecule has 3 amide bonds. The van der Waals surface area contributed by atoms with Crippen molar-refractivity contribution in [2.24, 2.45) is 0 Å². The molecule has 0 atom stereocenters. The molecule has 1 saturated heterocycles. The number of halogens is 1. The number of piperidine rings is 1. The van der Waals surface area contributed by atoms with Gasteiger partial charge in [-0.2, -0.15) is 0 Å². The summed E-state index contributed by atoms with van der Waals surface area (Å²) in [5.74, 6) is -1.23. The molecule has 0 unspecified atom stereocenters. The van der Waals surface area contributed by atoms with Crippen molar-refractivity contribution in [3.05, 3.63) is 53.1 Å². The van der Waals surface area contributed by atoms with Gasteiger partial charge in [0, 0.05) is 24.7 Å². The maximum Gasteiger partial charge on any atom is 0.271 e. The molecular formula is C26H30FN5O5. The summed E-state index contributed by atoms with van der Waals surface area (Å²) in [5, 5.41) is 15.4. The fourth-order valence-corrected chi connectivity index (χ4v) is 4.25. The monoisotopic (exact) mass is 511 g/mol. The molecule has 4 rings (SSSR count). The van der Waals surface area contributed by atoms with E-state index in [9.17, 15) is 18.8 Å². The van der Waals surface area contributed by atoms with Crippen LogP contribution in [-0.4, -0.2) is 69.5 Å². The fourth-order valence-electron chi connectivity index (χ4n) is 4.25. The van der Waals surface area contributed by atoms with E-state index in [2.05, 4.69) is 20.6 Å². The minimum atomic E-state index is -0.527. The van der Waals surface area contributed by atoms with Crippen molar-refractivity contribution in [2.45, 2.75) is 45.8 Å². The number of fused-ring (bicyclic) bond motifs is 1. The molecule has 2 aromatic heterocycles. The molecule has 11 heteroatoms. The third kappa shape index (κ3) is 5.88. The van der Waals surface area contributed by atoms with Crippen LogP contribution in [-0.2, 0) is 4.79 Å². The van der Waals surface area contributed by atoms with Gasteiger partial charge in [0.25, 0.3) is 11.8 Å². The molecule has 0 bridgehead atoms. The van der Waals surface area contributed by atoms with Gasteiger partial charge in [0.1, 0.15) is 23.8 Å². The van der Waals surface area contributed by atoms with Crippen LogP contribution in [0.25, 0.3) is 11.0 Å². The molecule has 1 aliphatic rings. The summed E-state index contributed by atoms with van der Waals surface area (Å²) in [4.78, 5) is 46.8. The van der Waals surface area contributed by atoms with Crippen molar-refractivity contribution < 1.29 is 28.6 Å². The first-order valence-corrected chi connectivity index (χ1v) is 12.1. The number of aliphatic hydroxyl groups is 1. The lowest BCUT2D eigenvalue weighted by atomic mass is 10.0. The normalized spacial score (nSPS) is 14.2. The highest BCUT2D eigenvalue weighted by Crippen LogP contribution is 2.33. The Balaban J connectivity index is 1.58. The number of carbonyl (C=O) groups excluding carboxylic acids is 3. The van der Waals surface area contributed by atoms with E-state index in [0.29, 0.717) is 59.7 Å². The second-order valence-corrected chi connectivity index (χ2v) is 9.26. The van der Waals surface area contributed by atoms with Crippen molar-refractivity contribution in [3.63, 3.8) is 0 Å². The van der Waals surface area contributed by atoms with E-state index in [4.69, 9.17) is 9.84 Å². The number of benzene rings is 1. The highest BCUT2D eigenvalue weighted by molar-refractivity contribution is 6.07. The Morgan fingerprint density at radius 3 is 2.49 bits per heavy atom. The number of aliphatic hydroxyl groups excluding tert-OH is 1. The summed E-state index contributed by atoms with van der Waals surface area (Å²) < 4.78 is 19.2. The largest absolute Gasteiger partial charge is 0.488 e. The zero-order valence-corrected chi connectivity index (χ0v) is 20.9. The minimum absolute atomic E-state index is 0.145. The molecule has 0 spiro atoms. The van der Waals surface area contributed by atoms with E-state index in [1.807, 2.05) is 13.8 Å². The lowest BCUT2D eigenvalue weighted by Crippen LogP contribution is -2.47. The van der Waals surface area contributed by atoms with Gasteiger partial charge in [-0.15, -0.1) is 0 Å². The molecular weight excluding hydrogens is 481 g/mol. The number of H-pyrrole nitrogens is 1. The summed E-state index contributed by atoms with van der Waals surface area (Å²) >= 11 is 0. The number of hydrogen-bond acceptors (Lipinski definition) is 6. The van der Waals surface area contributed by atoms with Crippen LogP contribution in [0.5, 0.6) is 5.75 Å². The Morgan fingerprint density at radius 1 is 1.19 bits per heavy atom. The second-order valence-electron chi connectivity index (χ2n) is 9.26. The molecule has 196 valence electrons. The number of amides is 3. The lowest BCUT2D eigenvalue weighted by molar-refractivity contribution is -0.135. The van der Waals surface area contributed by atoms with Crippen molar-refractivity contribution in [1.29, 1.82) is 0 Å². The zero-order valence-electron chi connectivity index (χ0n) is 20.9. The Hall–Kier alpha value is -3.99. The van der Waals surface area contributed by atoms with Crippen LogP contribution in [0.15, 0.2) is 30.3 Å². The molecule has 1 aromatic carbocycles. The fraction of sp³-hybridized carbons (Fsp3) is 0.385. The van der Waals surface area contributed by atoms with Crippen LogP contribution in [0.1, 0.15) is 53.2 Å². The van der Waals surface area contributed by atoms with Crippen LogP contribution in [0, 0.1) is 12.7 Å². The summed E-state index contributed by atoms with van der Waals surface area (Å²) in [6, 6.07) is 6.76. The standard InChI is InChI=1S/C26H30FN5O5/c1-14(2)37-23-19-12-20(30-25(35)16-4-6-17(27)7-5-16)15(3)28-24(19)31-22(23)26(36)29-18-8-10-32(11-9-18)21(34)13-33/h4-7,12,14,18,33H,8-11,13H2,1-3H3,(H,28,31)(H,29,36)(H,30,35). The van der Waals surface area contributed by atoms with Crippen LogP contribution >= 0.6 is 0 Å². The van der Waals surface area contributed by atoms with Crippen LogP contribution in [0.4, 0.5) is 10.1 Å². The quantitative estimate of drug-likeness (QED) is 0.385. The lowest BCUT2D eigenvalue weighted by Gasteiger charge is -2.32. The number of aromatic amines is 1. The van der Waals surface area contributed by atoms with E-state index in [1.165, 1.54) is 24.3 Å². The van der Waals surface area contributed by atoms with Gasteiger partial charge in [-0.05, 0) is 63.9 Å². The number of ether oxygens (including phenoxy) is 1. The maximum absolute atomic E-state index is 13.2. The number of pyridine rings is 1. The zero-order chi connectivity index (χ0) is 26.7. The molecule has 1 fully saturated rings. The number of rotatable bonds is 7. The maximum atomic E-state index is 13.2. The van der Waals surface area contributed by atoms with Crippen molar-refractivity contribution in [2.75, 3.05) is 25.0 Å². The van der Waals surface area contributed by atoms with Crippen LogP contribution < -0.4 is 15.4 Å². The van der Waals surface area contributed by atoms with Gasteiger partial charge in [-0.1, -0.05) is 0 Å². The Morgan fingerprint density at radius 2 is 1.86 bits per heavy atom. The molecule has 0 radical (unpaired) electrons. The molecule has 10 nitrogen and oxygen atoms in total. The van der Waals surface area contributed by atoms with Gasteiger partial charge < -0.3 is 30.4 Å². The number of nitrogens with zero attached hydrogens (tertiary/aromatic N) is 2. The van der Waals surface area contributed by atoms with Crippen molar-refractivity contribution >= 4 is 34.4 Å². The van der Waals surface area contributed by atoms with Gasteiger partial charge in [-0.25, -0.2) is 9.37 Å². The molecule has 3 aromatic rings. The van der Waals surface area contributed by atoms with Crippen LogP contribution in [0.2, 0.25) is 0 Å². The SMILES string of the molecule is Cc1nc2[nH]c(C(=O)NC3CCN(C(=O)CO)CC3)c(OC(C)C)c2cc1NC(=O)c1ccc(F)cc1. The van der Waals surface area contributed by atoms with Crippen molar-refractivity contribution in [1.82, 2.24) is 20.2 Å². The van der Waals surface area contributed by atoms with Gasteiger partial charge >= 0.3 is 0 Å². The molecule has 0 saturated carbocycles. The van der Waals surface area contributed by atoms with Crippen molar-refractivity contribution in [3.8, 4) is 5.75 Å². The topological polar surface area (TPSA) is 137 Å². The molecule has 0 aliphatic carbocycles. The molecule has 3 heterocycles. The van der Waals surface area contributed by atoms with Gasteiger partial charge in [0.15, 0.2) is 5.75 Å². The highest BCUT2D eigenvalue weighted by Gasteiger charge is 2.27. The summed E-state index contributed by atoms with van der Waals surface area (Å²) in [7, 11) is 0. The van der Waals surface area contributed by atoms with E-state index in [1.54, 1.807) is 17.9 Å². The highest BCUT2D eigenvalue weighted by atomic mass is 19.1. The third-order valence-electron chi connectivity index (χ3n) is 6.18. The van der Waals surface area contributed by atoms with E-state index < -0.39 is 18.3 Å². The second kappa shape index (κ2) is 11.0. The van der Waals surface area contributed by atoms with E-state index in [0.717, 1.165) is 0 Å². The molecule has 37 heavy (non-hydrogen) atoms. The van der Waals surface area contributed by atoms with Gasteiger partial charge in [-0.3, -0.25) is 14.4 Å². The average Bonchev–Trinajstić information content (AvgIpc) is 3.21. The van der Waals surface area contributed by atoms with Crippen LogP contribution in [0.3, 0.4) is 0 Å². The van der Waals surface area contributed by atoms with Gasteiger partial charge in [0.05, 0.1) is 22.9 Å². The Kier molecular flexibility index (Phi) is 7.72. The number of likely N-dealkylation sites (tertiary alicyclic amines) is 1. The van der Waals surface area contributed by atoms with E-state index in [-0.39, 0.29) is 29.7 Å². The number of aromatic nitrogens is 2. The average molecular weight is 512 g/mol. The predicted octanol–water partition coefficient (Wildman–Crippen LogP) is 2.76. The number of nitrogens with one attached hydrogen (secondary N) is 3. The minimum Gasteiger partial charge on any atom is -0.488 e. The first-order valence-electron chi connectivity index (χ1n) is 12.1. The smallest absolute Gasteiger partial charge is 0.271 e. The number of carbonyl (C=O) groups is 3. The number of aryl methyl sites for hydroxylation is 1. The summed E-state index contributed by atoms with van der Waals surface area (Å²) in [6.45, 7) is 5.78. The number of anilines is 1. The number of hydrogen-bond donors (Lipinski definition) is 4. The Bertz CT molecular complexity index is 1310. The third-order valence-corrected chi connectivity index (χ3v) is 6.18. The predicted molar refractivity (Wildman–Crippen MR) is 135 cm³/mol.